The number of benzene rings is 1. The summed E-state index contributed by atoms with van der Waals surface area (Å²) in [7, 11) is 0. The largest absolute Gasteiger partial charge is 0.352 e. The fraction of sp³-hybridized carbons (Fsp3) is 0.471. The van der Waals surface area contributed by atoms with Crippen LogP contribution in [0.25, 0.3) is 0 Å². The molecule has 0 saturated heterocycles. The Morgan fingerprint density at radius 1 is 1.38 bits per heavy atom. The summed E-state index contributed by atoms with van der Waals surface area (Å²) in [5, 5.41) is 6.15. The minimum absolute atomic E-state index is 0.0447. The Labute approximate surface area is 132 Å². The predicted molar refractivity (Wildman–Crippen MR) is 91.5 cm³/mol. The molecule has 0 fully saturated rings. The number of carbonyl (C=O) groups excluding carboxylic acids is 1. The van der Waals surface area contributed by atoms with Crippen LogP contribution in [0.15, 0.2) is 41.8 Å². The number of hydrogen-bond acceptors (Lipinski definition) is 3. The second-order valence-electron chi connectivity index (χ2n) is 5.47. The normalized spacial score (nSPS) is 12.2. The van der Waals surface area contributed by atoms with Gasteiger partial charge in [-0.15, -0.1) is 18.3 Å². The van der Waals surface area contributed by atoms with Crippen LogP contribution in [0, 0.1) is 5.92 Å². The molecule has 21 heavy (non-hydrogen) atoms. The Balaban J connectivity index is 2.51. The Morgan fingerprint density at radius 2 is 2.14 bits per heavy atom. The molecular formula is C17H26N2OS. The summed E-state index contributed by atoms with van der Waals surface area (Å²) in [5.74, 6) is 0.694. The molecule has 0 aliphatic carbocycles. The molecule has 0 spiro atoms. The summed E-state index contributed by atoms with van der Waals surface area (Å²) >= 11 is 1.58. The van der Waals surface area contributed by atoms with E-state index in [9.17, 15) is 4.79 Å². The van der Waals surface area contributed by atoms with E-state index in [1.807, 2.05) is 19.1 Å². The van der Waals surface area contributed by atoms with E-state index in [1.54, 1.807) is 17.8 Å². The van der Waals surface area contributed by atoms with Gasteiger partial charge in [0.05, 0.1) is 5.25 Å². The molecule has 0 aliphatic rings. The standard InChI is InChI=1S/C17H26N2OS/c1-5-9-19-17(20)14(4)21-16-8-6-7-15(10-16)12-18-11-13(2)3/h5-8,10,13-14,18H,1,9,11-12H2,2-4H3,(H,19,20). The first-order valence-corrected chi connectivity index (χ1v) is 8.25. The molecular weight excluding hydrogens is 280 g/mol. The summed E-state index contributed by atoms with van der Waals surface area (Å²) in [6.45, 7) is 12.3. The SMILES string of the molecule is C=CCNC(=O)C(C)Sc1cccc(CNCC(C)C)c1. The third-order valence-electron chi connectivity index (χ3n) is 2.88. The van der Waals surface area contributed by atoms with Crippen LogP contribution < -0.4 is 10.6 Å². The van der Waals surface area contributed by atoms with Crippen LogP contribution in [0.2, 0.25) is 0 Å². The second-order valence-corrected chi connectivity index (χ2v) is 6.88. The molecule has 4 heteroatoms. The minimum Gasteiger partial charge on any atom is -0.352 e. The molecule has 0 bridgehead atoms. The summed E-state index contributed by atoms with van der Waals surface area (Å²) in [4.78, 5) is 13.0. The molecule has 3 nitrogen and oxygen atoms in total. The van der Waals surface area contributed by atoms with Crippen molar-refractivity contribution in [2.45, 2.75) is 37.5 Å². The van der Waals surface area contributed by atoms with E-state index in [2.05, 4.69) is 43.2 Å². The molecule has 116 valence electrons. The number of rotatable bonds is 9. The van der Waals surface area contributed by atoms with Gasteiger partial charge in [0.2, 0.25) is 5.91 Å². The maximum Gasteiger partial charge on any atom is 0.233 e. The number of hydrogen-bond donors (Lipinski definition) is 2. The lowest BCUT2D eigenvalue weighted by molar-refractivity contribution is -0.120. The molecule has 1 aromatic carbocycles. The quantitative estimate of drug-likeness (QED) is 0.544. The average molecular weight is 306 g/mol. The van der Waals surface area contributed by atoms with Gasteiger partial charge in [0, 0.05) is 18.0 Å². The molecule has 1 rings (SSSR count). The van der Waals surface area contributed by atoms with Crippen molar-refractivity contribution in [1.29, 1.82) is 0 Å². The summed E-state index contributed by atoms with van der Waals surface area (Å²) in [6, 6.07) is 8.35. The van der Waals surface area contributed by atoms with Crippen LogP contribution in [0.5, 0.6) is 0 Å². The van der Waals surface area contributed by atoms with Gasteiger partial charge in [-0.05, 0) is 37.1 Å². The smallest absolute Gasteiger partial charge is 0.233 e. The Bertz CT molecular complexity index is 460. The molecule has 1 atom stereocenters. The third-order valence-corrected chi connectivity index (χ3v) is 3.98. The zero-order chi connectivity index (χ0) is 15.7. The first-order chi connectivity index (χ1) is 10.0. The average Bonchev–Trinajstić information content (AvgIpc) is 2.44. The minimum atomic E-state index is -0.108. The highest BCUT2D eigenvalue weighted by molar-refractivity contribution is 8.00. The summed E-state index contributed by atoms with van der Waals surface area (Å²) in [6.07, 6.45) is 1.69. The van der Waals surface area contributed by atoms with Crippen molar-refractivity contribution in [1.82, 2.24) is 10.6 Å². The highest BCUT2D eigenvalue weighted by Gasteiger charge is 2.13. The van der Waals surface area contributed by atoms with Gasteiger partial charge in [-0.2, -0.15) is 0 Å². The van der Waals surface area contributed by atoms with Crippen LogP contribution in [-0.2, 0) is 11.3 Å². The highest BCUT2D eigenvalue weighted by Crippen LogP contribution is 2.24. The van der Waals surface area contributed by atoms with Crippen LogP contribution in [-0.4, -0.2) is 24.2 Å². The van der Waals surface area contributed by atoms with Crippen LogP contribution >= 0.6 is 11.8 Å². The molecule has 1 amide bonds. The highest BCUT2D eigenvalue weighted by atomic mass is 32.2. The second kappa shape index (κ2) is 9.64. The fourth-order valence-corrected chi connectivity index (χ4v) is 2.78. The van der Waals surface area contributed by atoms with Gasteiger partial charge in [-0.3, -0.25) is 4.79 Å². The topological polar surface area (TPSA) is 41.1 Å². The lowest BCUT2D eigenvalue weighted by atomic mass is 10.2. The molecule has 2 N–H and O–H groups in total. The number of nitrogens with one attached hydrogen (secondary N) is 2. The summed E-state index contributed by atoms with van der Waals surface area (Å²) < 4.78 is 0. The molecule has 0 saturated carbocycles. The Hall–Kier alpha value is -1.26. The van der Waals surface area contributed by atoms with Gasteiger partial charge >= 0.3 is 0 Å². The third kappa shape index (κ3) is 7.34. The van der Waals surface area contributed by atoms with Gasteiger partial charge in [0.15, 0.2) is 0 Å². The van der Waals surface area contributed by atoms with Crippen molar-refractivity contribution in [3.8, 4) is 0 Å². The van der Waals surface area contributed by atoms with Gasteiger partial charge < -0.3 is 10.6 Å². The van der Waals surface area contributed by atoms with Gasteiger partial charge in [0.25, 0.3) is 0 Å². The first kappa shape index (κ1) is 17.8. The van der Waals surface area contributed by atoms with Crippen molar-refractivity contribution in [3.63, 3.8) is 0 Å². The van der Waals surface area contributed by atoms with E-state index in [4.69, 9.17) is 0 Å². The van der Waals surface area contributed by atoms with Crippen molar-refractivity contribution >= 4 is 17.7 Å². The van der Waals surface area contributed by atoms with Crippen LogP contribution in [0.4, 0.5) is 0 Å². The lowest BCUT2D eigenvalue weighted by Gasteiger charge is -2.12. The van der Waals surface area contributed by atoms with Gasteiger partial charge in [0.1, 0.15) is 0 Å². The lowest BCUT2D eigenvalue weighted by Crippen LogP contribution is -2.30. The first-order valence-electron chi connectivity index (χ1n) is 7.38. The predicted octanol–water partition coefficient (Wildman–Crippen LogP) is 3.22. The number of amides is 1. The van der Waals surface area contributed by atoms with E-state index in [0.717, 1.165) is 18.0 Å². The fourth-order valence-electron chi connectivity index (χ4n) is 1.81. The molecule has 0 aromatic heterocycles. The van der Waals surface area contributed by atoms with E-state index >= 15 is 0 Å². The molecule has 1 unspecified atom stereocenters. The zero-order valence-electron chi connectivity index (χ0n) is 13.2. The summed E-state index contributed by atoms with van der Waals surface area (Å²) in [5.41, 5.74) is 1.25. The van der Waals surface area contributed by atoms with Gasteiger partial charge in [-0.1, -0.05) is 32.1 Å². The van der Waals surface area contributed by atoms with E-state index in [1.165, 1.54) is 5.56 Å². The van der Waals surface area contributed by atoms with Crippen molar-refractivity contribution in [2.75, 3.05) is 13.1 Å². The number of thioether (sulfide) groups is 1. The van der Waals surface area contributed by atoms with Crippen molar-refractivity contribution < 1.29 is 4.79 Å². The molecule has 0 radical (unpaired) electrons. The Kier molecular flexibility index (Phi) is 8.16. The van der Waals surface area contributed by atoms with Crippen molar-refractivity contribution in [3.05, 3.63) is 42.5 Å². The van der Waals surface area contributed by atoms with E-state index in [-0.39, 0.29) is 11.2 Å². The Morgan fingerprint density at radius 3 is 2.81 bits per heavy atom. The zero-order valence-corrected chi connectivity index (χ0v) is 14.0. The van der Waals surface area contributed by atoms with Crippen molar-refractivity contribution in [2.24, 2.45) is 5.92 Å². The van der Waals surface area contributed by atoms with E-state index < -0.39 is 0 Å². The van der Waals surface area contributed by atoms with Gasteiger partial charge in [-0.25, -0.2) is 0 Å². The monoisotopic (exact) mass is 306 g/mol. The van der Waals surface area contributed by atoms with Crippen LogP contribution in [0.1, 0.15) is 26.3 Å². The maximum atomic E-state index is 11.8. The number of carbonyl (C=O) groups is 1. The van der Waals surface area contributed by atoms with Crippen LogP contribution in [0.3, 0.4) is 0 Å². The molecule has 0 aliphatic heterocycles. The van der Waals surface area contributed by atoms with E-state index in [0.29, 0.717) is 12.5 Å². The molecule has 1 aromatic rings. The molecule has 0 heterocycles. The maximum absolute atomic E-state index is 11.8.